The van der Waals surface area contributed by atoms with Crippen LogP contribution in [0.3, 0.4) is 0 Å². The van der Waals surface area contributed by atoms with E-state index in [1.807, 2.05) is 35.2 Å². The molecule has 1 aliphatic rings. The Labute approximate surface area is 160 Å². The van der Waals surface area contributed by atoms with Crippen molar-refractivity contribution in [3.63, 3.8) is 0 Å². The molecule has 2 amide bonds. The lowest BCUT2D eigenvalue weighted by molar-refractivity contribution is -0.137. The third kappa shape index (κ3) is 5.10. The highest BCUT2D eigenvalue weighted by Crippen LogP contribution is 2.30. The van der Waals surface area contributed by atoms with Crippen molar-refractivity contribution in [2.75, 3.05) is 25.0 Å². The number of amides is 2. The number of hydrogen-bond donors (Lipinski definition) is 2. The van der Waals surface area contributed by atoms with Gasteiger partial charge in [-0.1, -0.05) is 30.3 Å². The van der Waals surface area contributed by atoms with Crippen molar-refractivity contribution in [2.45, 2.75) is 18.6 Å². The number of halogens is 3. The van der Waals surface area contributed by atoms with Crippen LogP contribution in [0.15, 0.2) is 54.6 Å². The van der Waals surface area contributed by atoms with E-state index in [2.05, 4.69) is 10.6 Å². The minimum absolute atomic E-state index is 0.0234. The van der Waals surface area contributed by atoms with Crippen LogP contribution < -0.4 is 10.6 Å². The van der Waals surface area contributed by atoms with E-state index in [0.717, 1.165) is 17.7 Å². The van der Waals surface area contributed by atoms with Gasteiger partial charge in [0.1, 0.15) is 0 Å². The molecule has 28 heavy (non-hydrogen) atoms. The van der Waals surface area contributed by atoms with E-state index in [0.29, 0.717) is 18.8 Å². The fourth-order valence-corrected chi connectivity index (χ4v) is 3.19. The third-order valence-corrected chi connectivity index (χ3v) is 4.57. The number of nitrogens with zero attached hydrogens (tertiary/aromatic N) is 1. The first-order chi connectivity index (χ1) is 13.3. The van der Waals surface area contributed by atoms with Crippen molar-refractivity contribution in [3.05, 3.63) is 65.7 Å². The van der Waals surface area contributed by atoms with Gasteiger partial charge >= 0.3 is 6.18 Å². The summed E-state index contributed by atoms with van der Waals surface area (Å²) >= 11 is 0. The average molecular weight is 391 g/mol. The van der Waals surface area contributed by atoms with Crippen LogP contribution in [0.1, 0.15) is 23.6 Å². The second kappa shape index (κ2) is 8.43. The van der Waals surface area contributed by atoms with Crippen LogP contribution in [0.2, 0.25) is 0 Å². The highest BCUT2D eigenvalue weighted by atomic mass is 19.4. The maximum Gasteiger partial charge on any atom is 0.416 e. The summed E-state index contributed by atoms with van der Waals surface area (Å²) in [7, 11) is 0. The van der Waals surface area contributed by atoms with Crippen LogP contribution >= 0.6 is 0 Å². The van der Waals surface area contributed by atoms with Gasteiger partial charge in [0.05, 0.1) is 12.1 Å². The van der Waals surface area contributed by atoms with Crippen molar-refractivity contribution < 1.29 is 22.8 Å². The van der Waals surface area contributed by atoms with Gasteiger partial charge in [0.15, 0.2) is 0 Å². The van der Waals surface area contributed by atoms with Crippen molar-refractivity contribution in [2.24, 2.45) is 0 Å². The van der Waals surface area contributed by atoms with E-state index in [1.54, 1.807) is 0 Å². The molecule has 3 rings (SSSR count). The van der Waals surface area contributed by atoms with E-state index in [9.17, 15) is 22.8 Å². The number of anilines is 1. The number of hydrogen-bond acceptors (Lipinski definition) is 3. The molecule has 148 valence electrons. The van der Waals surface area contributed by atoms with Crippen molar-refractivity contribution in [3.8, 4) is 0 Å². The van der Waals surface area contributed by atoms with Gasteiger partial charge in [-0.3, -0.25) is 14.5 Å². The molecule has 5 nitrogen and oxygen atoms in total. The topological polar surface area (TPSA) is 61.4 Å². The Kier molecular flexibility index (Phi) is 5.99. The van der Waals surface area contributed by atoms with Gasteiger partial charge in [0, 0.05) is 31.2 Å². The standard InChI is InChI=1S/C20H20F3N3O2/c21-20(22,23)15-6-8-16(9-7-15)25-19(28)13-26-11-10-24-18(27)12-17(26)14-4-2-1-3-5-14/h1-9,17H,10-13H2,(H,24,27)(H,25,28). The molecular weight excluding hydrogens is 371 g/mol. The summed E-state index contributed by atoms with van der Waals surface area (Å²) in [6.07, 6.45) is -4.19. The molecule has 1 unspecified atom stereocenters. The minimum Gasteiger partial charge on any atom is -0.355 e. The Morgan fingerprint density at radius 1 is 1.11 bits per heavy atom. The first-order valence-corrected chi connectivity index (χ1v) is 8.86. The van der Waals surface area contributed by atoms with Crippen LogP contribution in [0.4, 0.5) is 18.9 Å². The van der Waals surface area contributed by atoms with Gasteiger partial charge in [-0.15, -0.1) is 0 Å². The van der Waals surface area contributed by atoms with E-state index >= 15 is 0 Å². The highest BCUT2D eigenvalue weighted by molar-refractivity contribution is 5.92. The molecular formula is C20H20F3N3O2. The minimum atomic E-state index is -4.42. The molecule has 0 spiro atoms. The predicted molar refractivity (Wildman–Crippen MR) is 98.5 cm³/mol. The summed E-state index contributed by atoms with van der Waals surface area (Å²) in [6, 6.07) is 13.5. The molecule has 2 aromatic rings. The SMILES string of the molecule is O=C1CC(c2ccccc2)N(CC(=O)Nc2ccc(C(F)(F)F)cc2)CCN1. The second-order valence-electron chi connectivity index (χ2n) is 6.57. The number of carbonyl (C=O) groups excluding carboxylic acids is 2. The third-order valence-electron chi connectivity index (χ3n) is 4.57. The van der Waals surface area contributed by atoms with Gasteiger partial charge in [0.25, 0.3) is 0 Å². The average Bonchev–Trinajstić information content (AvgIpc) is 2.83. The van der Waals surface area contributed by atoms with Gasteiger partial charge in [-0.05, 0) is 29.8 Å². The molecule has 1 aliphatic heterocycles. The van der Waals surface area contributed by atoms with Crippen molar-refractivity contribution in [1.82, 2.24) is 10.2 Å². The Morgan fingerprint density at radius 3 is 2.43 bits per heavy atom. The fourth-order valence-electron chi connectivity index (χ4n) is 3.19. The van der Waals surface area contributed by atoms with Gasteiger partial charge in [0.2, 0.25) is 11.8 Å². The van der Waals surface area contributed by atoms with Gasteiger partial charge in [-0.25, -0.2) is 0 Å². The molecule has 0 radical (unpaired) electrons. The zero-order valence-electron chi connectivity index (χ0n) is 15.0. The Balaban J connectivity index is 1.69. The lowest BCUT2D eigenvalue weighted by Gasteiger charge is -2.28. The predicted octanol–water partition coefficient (Wildman–Crippen LogP) is 3.21. The van der Waals surface area contributed by atoms with Gasteiger partial charge in [-0.2, -0.15) is 13.2 Å². The van der Waals surface area contributed by atoms with Gasteiger partial charge < -0.3 is 10.6 Å². The smallest absolute Gasteiger partial charge is 0.355 e. The van der Waals surface area contributed by atoms with Crippen LogP contribution in [-0.4, -0.2) is 36.3 Å². The summed E-state index contributed by atoms with van der Waals surface area (Å²) in [5, 5.41) is 5.42. The zero-order chi connectivity index (χ0) is 20.1. The molecule has 2 N–H and O–H groups in total. The van der Waals surface area contributed by atoms with Crippen molar-refractivity contribution >= 4 is 17.5 Å². The largest absolute Gasteiger partial charge is 0.416 e. The Hall–Kier alpha value is -2.87. The normalized spacial score (nSPS) is 18.2. The Morgan fingerprint density at radius 2 is 1.79 bits per heavy atom. The highest BCUT2D eigenvalue weighted by Gasteiger charge is 2.30. The lowest BCUT2D eigenvalue weighted by atomic mass is 10.0. The molecule has 0 aromatic heterocycles. The monoisotopic (exact) mass is 391 g/mol. The second-order valence-corrected chi connectivity index (χ2v) is 6.57. The van der Waals surface area contributed by atoms with E-state index < -0.39 is 11.7 Å². The number of carbonyl (C=O) groups is 2. The quantitative estimate of drug-likeness (QED) is 0.842. The summed E-state index contributed by atoms with van der Waals surface area (Å²) < 4.78 is 37.9. The van der Waals surface area contributed by atoms with Crippen LogP contribution in [0.25, 0.3) is 0 Å². The molecule has 1 atom stereocenters. The number of nitrogens with one attached hydrogen (secondary N) is 2. The maximum absolute atomic E-state index is 12.6. The van der Waals surface area contributed by atoms with E-state index in [4.69, 9.17) is 0 Å². The van der Waals surface area contributed by atoms with Crippen LogP contribution in [0, 0.1) is 0 Å². The summed E-state index contributed by atoms with van der Waals surface area (Å²) in [5.41, 5.74) is 0.451. The maximum atomic E-state index is 12.6. The molecule has 2 aromatic carbocycles. The summed E-state index contributed by atoms with van der Waals surface area (Å²) in [6.45, 7) is 0.941. The summed E-state index contributed by atoms with van der Waals surface area (Å²) in [4.78, 5) is 26.3. The fraction of sp³-hybridized carbons (Fsp3) is 0.300. The lowest BCUT2D eigenvalue weighted by Crippen LogP contribution is -2.37. The number of benzene rings is 2. The number of alkyl halides is 3. The molecule has 8 heteroatoms. The first kappa shape index (κ1) is 19.9. The Bertz CT molecular complexity index is 823. The number of rotatable bonds is 4. The molecule has 0 bridgehead atoms. The molecule has 0 saturated carbocycles. The van der Waals surface area contributed by atoms with Crippen LogP contribution in [0.5, 0.6) is 0 Å². The van der Waals surface area contributed by atoms with E-state index in [-0.39, 0.29) is 30.8 Å². The van der Waals surface area contributed by atoms with Crippen LogP contribution in [-0.2, 0) is 15.8 Å². The first-order valence-electron chi connectivity index (χ1n) is 8.86. The van der Waals surface area contributed by atoms with E-state index in [1.165, 1.54) is 12.1 Å². The molecule has 0 aliphatic carbocycles. The molecule has 1 saturated heterocycles. The zero-order valence-corrected chi connectivity index (χ0v) is 15.0. The molecule has 1 fully saturated rings. The summed E-state index contributed by atoms with van der Waals surface area (Å²) in [5.74, 6) is -0.436. The molecule has 1 heterocycles. The van der Waals surface area contributed by atoms with Crippen molar-refractivity contribution in [1.29, 1.82) is 0 Å².